The van der Waals surface area contributed by atoms with Gasteiger partial charge in [0.2, 0.25) is 5.89 Å². The maximum absolute atomic E-state index is 5.53. The van der Waals surface area contributed by atoms with Gasteiger partial charge in [-0.15, -0.1) is 10.2 Å². The Bertz CT molecular complexity index is 450. The highest BCUT2D eigenvalue weighted by Crippen LogP contribution is 2.28. The van der Waals surface area contributed by atoms with Crippen LogP contribution in [-0.4, -0.2) is 20.4 Å². The van der Waals surface area contributed by atoms with Gasteiger partial charge in [0.15, 0.2) is 0 Å². The van der Waals surface area contributed by atoms with Crippen molar-refractivity contribution >= 4 is 15.9 Å². The van der Waals surface area contributed by atoms with Crippen molar-refractivity contribution < 1.29 is 4.42 Å². The van der Waals surface area contributed by atoms with Gasteiger partial charge in [0, 0.05) is 5.69 Å². The third kappa shape index (κ3) is 1.94. The van der Waals surface area contributed by atoms with E-state index < -0.39 is 0 Å². The monoisotopic (exact) mass is 270 g/mol. The molecular weight excluding hydrogens is 260 g/mol. The molecule has 0 amide bonds. The highest BCUT2D eigenvalue weighted by molar-refractivity contribution is 9.09. The fraction of sp³-hybridized carbons (Fsp3) is 0.444. The smallest absolute Gasteiger partial charge is 0.251 e. The fourth-order valence-electron chi connectivity index (χ4n) is 1.21. The number of aryl methyl sites for hydroxylation is 1. The molecule has 2 aromatic rings. The molecule has 2 rings (SSSR count). The molecule has 1 atom stereocenters. The lowest BCUT2D eigenvalue weighted by Gasteiger charge is -1.97. The van der Waals surface area contributed by atoms with Crippen LogP contribution in [-0.2, 0) is 0 Å². The summed E-state index contributed by atoms with van der Waals surface area (Å²) in [5.74, 6) is 1.11. The first kappa shape index (κ1) is 10.4. The van der Waals surface area contributed by atoms with Gasteiger partial charge < -0.3 is 4.42 Å². The minimum atomic E-state index is 0.117. The highest BCUT2D eigenvalue weighted by atomic mass is 79.9. The van der Waals surface area contributed by atoms with Crippen LogP contribution in [0.15, 0.2) is 10.6 Å². The number of rotatable bonds is 3. The van der Waals surface area contributed by atoms with E-state index in [4.69, 9.17) is 4.42 Å². The summed E-state index contributed by atoms with van der Waals surface area (Å²) in [6.07, 6.45) is 2.59. The van der Waals surface area contributed by atoms with Gasteiger partial charge >= 0.3 is 0 Å². The summed E-state index contributed by atoms with van der Waals surface area (Å²) < 4.78 is 5.53. The molecule has 1 unspecified atom stereocenters. The summed E-state index contributed by atoms with van der Waals surface area (Å²) >= 11 is 3.46. The molecule has 0 aliphatic carbocycles. The van der Waals surface area contributed by atoms with Crippen molar-refractivity contribution in [3.63, 3.8) is 0 Å². The zero-order valence-corrected chi connectivity index (χ0v) is 10.1. The average Bonchev–Trinajstić information content (AvgIpc) is 2.84. The lowest BCUT2D eigenvalue weighted by atomic mass is 10.3. The summed E-state index contributed by atoms with van der Waals surface area (Å²) in [4.78, 5) is 0.117. The Balaban J connectivity index is 2.32. The van der Waals surface area contributed by atoms with Crippen LogP contribution in [0.25, 0.3) is 11.5 Å². The van der Waals surface area contributed by atoms with Crippen molar-refractivity contribution in [1.82, 2.24) is 20.4 Å². The molecule has 2 heterocycles. The van der Waals surface area contributed by atoms with E-state index >= 15 is 0 Å². The first-order valence-electron chi connectivity index (χ1n) is 4.70. The SMILES string of the molecule is CCC(Br)c1nnc(-c2cn[nH]c2C)o1. The molecule has 5 nitrogen and oxygen atoms in total. The van der Waals surface area contributed by atoms with Crippen molar-refractivity contribution in [2.75, 3.05) is 0 Å². The molecule has 0 bridgehead atoms. The number of H-pyrrole nitrogens is 1. The molecule has 0 spiro atoms. The fourth-order valence-corrected chi connectivity index (χ4v) is 1.40. The van der Waals surface area contributed by atoms with Crippen molar-refractivity contribution in [2.45, 2.75) is 25.1 Å². The molecular formula is C9H11BrN4O. The molecule has 80 valence electrons. The van der Waals surface area contributed by atoms with Crippen LogP contribution in [0.2, 0.25) is 0 Å². The van der Waals surface area contributed by atoms with Gasteiger partial charge in [-0.1, -0.05) is 22.9 Å². The van der Waals surface area contributed by atoms with Gasteiger partial charge in [0.05, 0.1) is 16.6 Å². The number of halogens is 1. The minimum absolute atomic E-state index is 0.117. The van der Waals surface area contributed by atoms with E-state index in [1.807, 2.05) is 13.8 Å². The standard InChI is InChI=1S/C9H11BrN4O/c1-3-7(10)9-14-13-8(15-9)6-4-11-12-5(6)2/h4,7H,3H2,1-2H3,(H,11,12). The van der Waals surface area contributed by atoms with Gasteiger partial charge in [0.25, 0.3) is 5.89 Å². The Hall–Kier alpha value is -1.17. The van der Waals surface area contributed by atoms with E-state index in [1.165, 1.54) is 0 Å². The third-order valence-electron chi connectivity index (χ3n) is 2.13. The molecule has 0 fully saturated rings. The van der Waals surface area contributed by atoms with E-state index in [2.05, 4.69) is 36.3 Å². The van der Waals surface area contributed by atoms with Crippen LogP contribution in [0.3, 0.4) is 0 Å². The van der Waals surface area contributed by atoms with Crippen molar-refractivity contribution in [3.8, 4) is 11.5 Å². The summed E-state index contributed by atoms with van der Waals surface area (Å²) in [5.41, 5.74) is 1.78. The number of hydrogen-bond acceptors (Lipinski definition) is 4. The number of aromatic nitrogens is 4. The Morgan fingerprint density at radius 2 is 2.33 bits per heavy atom. The molecule has 0 saturated carbocycles. The van der Waals surface area contributed by atoms with Gasteiger partial charge in [-0.2, -0.15) is 5.10 Å². The zero-order chi connectivity index (χ0) is 10.8. The van der Waals surface area contributed by atoms with Crippen LogP contribution in [0, 0.1) is 6.92 Å². The predicted octanol–water partition coefficient (Wildman–Crippen LogP) is 2.61. The molecule has 0 aliphatic rings. The predicted molar refractivity (Wildman–Crippen MR) is 58.6 cm³/mol. The maximum atomic E-state index is 5.53. The topological polar surface area (TPSA) is 67.6 Å². The van der Waals surface area contributed by atoms with Gasteiger partial charge in [-0.25, -0.2) is 0 Å². The largest absolute Gasteiger partial charge is 0.419 e. The van der Waals surface area contributed by atoms with Crippen LogP contribution in [0.4, 0.5) is 0 Å². The quantitative estimate of drug-likeness (QED) is 0.871. The van der Waals surface area contributed by atoms with Gasteiger partial charge in [0.1, 0.15) is 0 Å². The second kappa shape index (κ2) is 4.14. The van der Waals surface area contributed by atoms with E-state index in [0.29, 0.717) is 11.8 Å². The Kier molecular flexibility index (Phi) is 2.86. The van der Waals surface area contributed by atoms with Crippen molar-refractivity contribution in [3.05, 3.63) is 17.8 Å². The van der Waals surface area contributed by atoms with E-state index in [9.17, 15) is 0 Å². The molecule has 2 aromatic heterocycles. The second-order valence-corrected chi connectivity index (χ2v) is 4.34. The normalized spacial score (nSPS) is 13.0. The summed E-state index contributed by atoms with van der Waals surface area (Å²) in [6, 6.07) is 0. The minimum Gasteiger partial charge on any atom is -0.419 e. The third-order valence-corrected chi connectivity index (χ3v) is 3.17. The number of aromatic amines is 1. The Labute approximate surface area is 95.4 Å². The number of nitrogens with zero attached hydrogens (tertiary/aromatic N) is 3. The van der Waals surface area contributed by atoms with Crippen LogP contribution < -0.4 is 0 Å². The molecule has 0 aromatic carbocycles. The summed E-state index contributed by atoms with van der Waals surface area (Å²) in [6.45, 7) is 3.96. The molecule has 15 heavy (non-hydrogen) atoms. The van der Waals surface area contributed by atoms with Gasteiger partial charge in [-0.3, -0.25) is 5.10 Å². The molecule has 0 saturated heterocycles. The second-order valence-electron chi connectivity index (χ2n) is 3.23. The highest BCUT2D eigenvalue weighted by Gasteiger charge is 2.16. The Morgan fingerprint density at radius 1 is 1.53 bits per heavy atom. The van der Waals surface area contributed by atoms with E-state index in [1.54, 1.807) is 6.20 Å². The number of nitrogens with one attached hydrogen (secondary N) is 1. The van der Waals surface area contributed by atoms with E-state index in [0.717, 1.165) is 17.7 Å². The van der Waals surface area contributed by atoms with Crippen LogP contribution in [0.5, 0.6) is 0 Å². The summed E-state index contributed by atoms with van der Waals surface area (Å²) in [7, 11) is 0. The molecule has 0 radical (unpaired) electrons. The molecule has 6 heteroatoms. The van der Waals surface area contributed by atoms with Crippen LogP contribution >= 0.6 is 15.9 Å². The zero-order valence-electron chi connectivity index (χ0n) is 8.49. The Morgan fingerprint density at radius 3 is 2.93 bits per heavy atom. The van der Waals surface area contributed by atoms with Crippen molar-refractivity contribution in [2.24, 2.45) is 0 Å². The van der Waals surface area contributed by atoms with E-state index in [-0.39, 0.29) is 4.83 Å². The number of hydrogen-bond donors (Lipinski definition) is 1. The molecule has 0 aliphatic heterocycles. The average molecular weight is 271 g/mol. The molecule has 1 N–H and O–H groups in total. The number of alkyl halides is 1. The first-order chi connectivity index (χ1) is 7.22. The lowest BCUT2D eigenvalue weighted by molar-refractivity contribution is 0.500. The first-order valence-corrected chi connectivity index (χ1v) is 5.61. The lowest BCUT2D eigenvalue weighted by Crippen LogP contribution is -1.86. The summed E-state index contributed by atoms with van der Waals surface area (Å²) in [5, 5.41) is 14.7. The maximum Gasteiger partial charge on any atom is 0.251 e. The van der Waals surface area contributed by atoms with Gasteiger partial charge in [-0.05, 0) is 13.3 Å². The van der Waals surface area contributed by atoms with Crippen LogP contribution in [0.1, 0.15) is 29.8 Å². The van der Waals surface area contributed by atoms with Crippen molar-refractivity contribution in [1.29, 1.82) is 0 Å².